The van der Waals surface area contributed by atoms with E-state index < -0.39 is 18.0 Å². The Labute approximate surface area is 164 Å². The highest BCUT2D eigenvalue weighted by atomic mass is 35.5. The normalized spacial score (nSPS) is 16.5. The molecule has 1 unspecified atom stereocenters. The third-order valence-electron chi connectivity index (χ3n) is 3.88. The molecule has 1 atom stereocenters. The molecule has 0 radical (unpaired) electrons. The zero-order valence-electron chi connectivity index (χ0n) is 16.0. The first-order valence-corrected chi connectivity index (χ1v) is 9.35. The lowest BCUT2D eigenvalue weighted by molar-refractivity contribution is -0.139. The molecule has 0 aromatic heterocycles. The van der Waals surface area contributed by atoms with Gasteiger partial charge >= 0.3 is 12.0 Å². The summed E-state index contributed by atoms with van der Waals surface area (Å²) in [6, 6.07) is 2.27. The van der Waals surface area contributed by atoms with E-state index in [1.54, 1.807) is 26.0 Å². The average Bonchev–Trinajstić information content (AvgIpc) is 2.60. The number of benzene rings is 1. The lowest BCUT2D eigenvalue weighted by Crippen LogP contribution is -2.45. The summed E-state index contributed by atoms with van der Waals surface area (Å²) in [4.78, 5) is 24.4. The van der Waals surface area contributed by atoms with Crippen LogP contribution in [-0.2, 0) is 9.53 Å². The molecule has 0 bridgehead atoms. The van der Waals surface area contributed by atoms with Crippen LogP contribution in [0.5, 0.6) is 11.5 Å². The summed E-state index contributed by atoms with van der Waals surface area (Å²) in [5, 5.41) is 5.70. The Morgan fingerprint density at radius 2 is 1.93 bits per heavy atom. The van der Waals surface area contributed by atoms with Crippen molar-refractivity contribution < 1.29 is 23.8 Å². The van der Waals surface area contributed by atoms with Crippen LogP contribution in [-0.4, -0.2) is 31.8 Å². The molecule has 0 saturated carbocycles. The van der Waals surface area contributed by atoms with Crippen LogP contribution in [0.3, 0.4) is 0 Å². The van der Waals surface area contributed by atoms with Crippen LogP contribution in [0.25, 0.3) is 0 Å². The molecule has 2 amide bonds. The Balaban J connectivity index is 2.51. The molecule has 1 aromatic carbocycles. The molecular weight excluding hydrogens is 372 g/mol. The second kappa shape index (κ2) is 9.50. The molecule has 0 saturated heterocycles. The van der Waals surface area contributed by atoms with Gasteiger partial charge in [0, 0.05) is 5.70 Å². The van der Waals surface area contributed by atoms with Crippen molar-refractivity contribution in [2.45, 2.75) is 40.2 Å². The number of hydrogen-bond acceptors (Lipinski definition) is 5. The van der Waals surface area contributed by atoms with Crippen LogP contribution in [0.2, 0.25) is 5.02 Å². The molecule has 1 aliphatic rings. The number of rotatable bonds is 8. The van der Waals surface area contributed by atoms with Gasteiger partial charge in [0.05, 0.1) is 36.5 Å². The molecule has 7 nitrogen and oxygen atoms in total. The van der Waals surface area contributed by atoms with Crippen molar-refractivity contribution >= 4 is 23.6 Å². The molecule has 1 aliphatic heterocycles. The second-order valence-electron chi connectivity index (χ2n) is 5.90. The smallest absolute Gasteiger partial charge is 0.338 e. The van der Waals surface area contributed by atoms with E-state index in [0.717, 1.165) is 6.42 Å². The van der Waals surface area contributed by atoms with Gasteiger partial charge < -0.3 is 24.8 Å². The Morgan fingerprint density at radius 1 is 1.19 bits per heavy atom. The highest BCUT2D eigenvalue weighted by molar-refractivity contribution is 6.32. The number of hydrogen-bond donors (Lipinski definition) is 2. The zero-order chi connectivity index (χ0) is 20.0. The summed E-state index contributed by atoms with van der Waals surface area (Å²) in [6.45, 7) is 8.36. The molecule has 0 spiro atoms. The van der Waals surface area contributed by atoms with E-state index in [-0.39, 0.29) is 6.61 Å². The highest BCUT2D eigenvalue weighted by Crippen LogP contribution is 2.40. The lowest BCUT2D eigenvalue weighted by Gasteiger charge is -2.28. The van der Waals surface area contributed by atoms with Gasteiger partial charge in [0.15, 0.2) is 11.5 Å². The molecule has 1 aromatic rings. The number of nitrogens with one attached hydrogen (secondary N) is 2. The Kier molecular flexibility index (Phi) is 7.36. The lowest BCUT2D eigenvalue weighted by atomic mass is 9.95. The average molecular weight is 397 g/mol. The Bertz CT molecular complexity index is 748. The Morgan fingerprint density at radius 3 is 2.56 bits per heavy atom. The third kappa shape index (κ3) is 4.86. The Hall–Kier alpha value is -2.41. The van der Waals surface area contributed by atoms with Crippen LogP contribution in [0.15, 0.2) is 23.4 Å². The summed E-state index contributed by atoms with van der Waals surface area (Å²) in [6.07, 6.45) is 0.822. The van der Waals surface area contributed by atoms with Gasteiger partial charge in [0.1, 0.15) is 0 Å². The highest BCUT2D eigenvalue weighted by Gasteiger charge is 2.33. The van der Waals surface area contributed by atoms with E-state index in [1.165, 1.54) is 0 Å². The number of allylic oxidation sites excluding steroid dienone is 1. The summed E-state index contributed by atoms with van der Waals surface area (Å²) < 4.78 is 16.5. The maximum atomic E-state index is 12.4. The van der Waals surface area contributed by atoms with Crippen LogP contribution in [0.1, 0.15) is 45.7 Å². The van der Waals surface area contributed by atoms with Gasteiger partial charge in [-0.25, -0.2) is 9.59 Å². The summed E-state index contributed by atoms with van der Waals surface area (Å²) in [5.74, 6) is 0.401. The summed E-state index contributed by atoms with van der Waals surface area (Å²) >= 11 is 6.42. The monoisotopic (exact) mass is 396 g/mol. The molecule has 8 heteroatoms. The fraction of sp³-hybridized carbons (Fsp3) is 0.474. The maximum Gasteiger partial charge on any atom is 0.338 e. The number of esters is 1. The van der Waals surface area contributed by atoms with Crippen LogP contribution < -0.4 is 20.1 Å². The quantitative estimate of drug-likeness (QED) is 0.654. The number of carbonyl (C=O) groups excluding carboxylic acids is 2. The molecule has 2 rings (SSSR count). The van der Waals surface area contributed by atoms with Crippen molar-refractivity contribution in [1.29, 1.82) is 0 Å². The van der Waals surface area contributed by atoms with Gasteiger partial charge in [-0.2, -0.15) is 0 Å². The number of urea groups is 1. The molecular formula is C19H25ClN2O5. The van der Waals surface area contributed by atoms with Crippen molar-refractivity contribution in [2.75, 3.05) is 19.8 Å². The molecule has 148 valence electrons. The van der Waals surface area contributed by atoms with Gasteiger partial charge in [-0.15, -0.1) is 0 Å². The number of carbonyl (C=O) groups is 2. The van der Waals surface area contributed by atoms with Crippen molar-refractivity contribution in [3.05, 3.63) is 34.0 Å². The van der Waals surface area contributed by atoms with Crippen molar-refractivity contribution in [3.63, 3.8) is 0 Å². The fourth-order valence-electron chi connectivity index (χ4n) is 2.79. The number of amides is 2. The summed E-state index contributed by atoms with van der Waals surface area (Å²) in [5.41, 5.74) is 1.35. The van der Waals surface area contributed by atoms with E-state index in [9.17, 15) is 9.59 Å². The van der Waals surface area contributed by atoms with Gasteiger partial charge in [-0.05, 0) is 44.9 Å². The molecule has 1 heterocycles. The first-order valence-electron chi connectivity index (χ1n) is 8.97. The van der Waals surface area contributed by atoms with Crippen LogP contribution in [0, 0.1) is 0 Å². The van der Waals surface area contributed by atoms with Crippen molar-refractivity contribution in [2.24, 2.45) is 0 Å². The second-order valence-corrected chi connectivity index (χ2v) is 6.31. The van der Waals surface area contributed by atoms with Gasteiger partial charge in [-0.1, -0.05) is 18.5 Å². The van der Waals surface area contributed by atoms with E-state index in [0.29, 0.717) is 46.6 Å². The van der Waals surface area contributed by atoms with Crippen LogP contribution >= 0.6 is 11.6 Å². The van der Waals surface area contributed by atoms with Crippen molar-refractivity contribution in [3.8, 4) is 11.5 Å². The standard InChI is InChI=1S/C19H25ClN2O5/c1-5-8-27-17-13(20)9-12(10-14(17)25-6-2)16-15(18(23)26-7-3)11(4)21-19(24)22-16/h9-10,16H,5-8H2,1-4H3,(H2,21,22,24). The van der Waals surface area contributed by atoms with Gasteiger partial charge in [0.25, 0.3) is 0 Å². The SMILES string of the molecule is CCCOc1c(Cl)cc(C2NC(=O)NC(C)=C2C(=O)OCC)cc1OCC. The topological polar surface area (TPSA) is 85.9 Å². The van der Waals surface area contributed by atoms with E-state index in [4.69, 9.17) is 25.8 Å². The molecule has 0 aliphatic carbocycles. The third-order valence-corrected chi connectivity index (χ3v) is 4.16. The minimum Gasteiger partial charge on any atom is -0.490 e. The minimum atomic E-state index is -0.713. The minimum absolute atomic E-state index is 0.227. The van der Waals surface area contributed by atoms with E-state index >= 15 is 0 Å². The first kappa shape index (κ1) is 20.9. The molecule has 0 fully saturated rings. The first-order chi connectivity index (χ1) is 12.9. The number of ether oxygens (including phenoxy) is 3. The van der Waals surface area contributed by atoms with Crippen molar-refractivity contribution in [1.82, 2.24) is 10.6 Å². The van der Waals surface area contributed by atoms with Gasteiger partial charge in [-0.3, -0.25) is 0 Å². The maximum absolute atomic E-state index is 12.4. The molecule has 2 N–H and O–H groups in total. The largest absolute Gasteiger partial charge is 0.490 e. The zero-order valence-corrected chi connectivity index (χ0v) is 16.7. The molecule has 27 heavy (non-hydrogen) atoms. The van der Waals surface area contributed by atoms with E-state index in [2.05, 4.69) is 10.6 Å². The summed E-state index contributed by atoms with van der Waals surface area (Å²) in [7, 11) is 0. The predicted octanol–water partition coefficient (Wildman–Crippen LogP) is 3.72. The van der Waals surface area contributed by atoms with Gasteiger partial charge in [0.2, 0.25) is 0 Å². The predicted molar refractivity (Wildman–Crippen MR) is 102 cm³/mol. The fourth-order valence-corrected chi connectivity index (χ4v) is 3.06. The van der Waals surface area contributed by atoms with Crippen LogP contribution in [0.4, 0.5) is 4.79 Å². The van der Waals surface area contributed by atoms with E-state index in [1.807, 2.05) is 13.8 Å². The number of halogens is 1.